The lowest BCUT2D eigenvalue weighted by atomic mass is 10.1. The minimum Gasteiger partial charge on any atom is -0.326 e. The molecule has 2 rings (SSSR count). The smallest absolute Gasteiger partial charge is 0.282 e. The highest BCUT2D eigenvalue weighted by Gasteiger charge is 2.46. The molecule has 0 radical (unpaired) electrons. The molecule has 1 aliphatic rings. The highest BCUT2D eigenvalue weighted by molar-refractivity contribution is 5.94. The van der Waals surface area contributed by atoms with Crippen LogP contribution in [0.15, 0.2) is 24.3 Å². The molecule has 4 heteroatoms. The Morgan fingerprint density at radius 2 is 1.88 bits per heavy atom. The molecule has 16 heavy (non-hydrogen) atoms. The summed E-state index contributed by atoms with van der Waals surface area (Å²) in [6.07, 6.45) is 0.899. The van der Waals surface area contributed by atoms with E-state index in [1.54, 1.807) is 12.1 Å². The van der Waals surface area contributed by atoms with Gasteiger partial charge >= 0.3 is 0 Å². The summed E-state index contributed by atoms with van der Waals surface area (Å²) in [6, 6.07) is 7.09. The fraction of sp³-hybridized carbons (Fsp3) is 0.417. The Morgan fingerprint density at radius 3 is 2.31 bits per heavy atom. The van der Waals surface area contributed by atoms with Crippen molar-refractivity contribution in [1.29, 1.82) is 0 Å². The maximum atomic E-state index is 12.6. The number of hydrogen-bond donors (Lipinski definition) is 0. The average Bonchev–Trinajstić information content (AvgIpc) is 2.25. The Morgan fingerprint density at radius 1 is 1.31 bits per heavy atom. The fourth-order valence-electron chi connectivity index (χ4n) is 1.72. The summed E-state index contributed by atoms with van der Waals surface area (Å²) in [5.41, 5.74) is 1.61. The zero-order chi connectivity index (χ0) is 11.8. The van der Waals surface area contributed by atoms with Gasteiger partial charge in [0.15, 0.2) is 0 Å². The Hall–Kier alpha value is -1.45. The molecule has 0 aromatic heterocycles. The molecule has 1 heterocycles. The number of benzene rings is 1. The van der Waals surface area contributed by atoms with Gasteiger partial charge in [-0.3, -0.25) is 4.79 Å². The van der Waals surface area contributed by atoms with E-state index in [1.807, 2.05) is 19.1 Å². The topological polar surface area (TPSA) is 20.3 Å². The number of hydrogen-bond acceptors (Lipinski definition) is 1. The minimum atomic E-state index is -2.70. The SMILES string of the molecule is CCc1ccc(C(=O)N2CC(F)(F)C2)cc1. The van der Waals surface area contributed by atoms with Gasteiger partial charge in [0.2, 0.25) is 0 Å². The van der Waals surface area contributed by atoms with E-state index in [4.69, 9.17) is 0 Å². The summed E-state index contributed by atoms with van der Waals surface area (Å²) in [6.45, 7) is 1.11. The van der Waals surface area contributed by atoms with Crippen LogP contribution in [0.3, 0.4) is 0 Å². The van der Waals surface area contributed by atoms with Crippen LogP contribution in [0.2, 0.25) is 0 Å². The van der Waals surface area contributed by atoms with Crippen molar-refractivity contribution in [1.82, 2.24) is 4.90 Å². The molecule has 2 nitrogen and oxygen atoms in total. The molecular weight excluding hydrogens is 212 g/mol. The van der Waals surface area contributed by atoms with Crippen molar-refractivity contribution in [3.05, 3.63) is 35.4 Å². The van der Waals surface area contributed by atoms with Crippen molar-refractivity contribution in [3.8, 4) is 0 Å². The lowest BCUT2D eigenvalue weighted by Crippen LogP contribution is -2.58. The molecule has 0 atom stereocenters. The third-order valence-electron chi connectivity index (χ3n) is 2.74. The van der Waals surface area contributed by atoms with E-state index in [0.717, 1.165) is 12.0 Å². The van der Waals surface area contributed by atoms with Crippen LogP contribution in [0.4, 0.5) is 8.78 Å². The van der Waals surface area contributed by atoms with E-state index < -0.39 is 19.0 Å². The lowest BCUT2D eigenvalue weighted by Gasteiger charge is -2.38. The first-order valence-electron chi connectivity index (χ1n) is 5.28. The summed E-state index contributed by atoms with van der Waals surface area (Å²) in [5, 5.41) is 0. The average molecular weight is 225 g/mol. The number of nitrogens with zero attached hydrogens (tertiary/aromatic N) is 1. The van der Waals surface area contributed by atoms with Gasteiger partial charge in [-0.25, -0.2) is 8.78 Å². The molecule has 0 saturated carbocycles. The molecule has 1 aliphatic heterocycles. The highest BCUT2D eigenvalue weighted by atomic mass is 19.3. The second-order valence-electron chi connectivity index (χ2n) is 4.07. The molecule has 86 valence electrons. The molecule has 0 bridgehead atoms. The van der Waals surface area contributed by atoms with Crippen molar-refractivity contribution in [2.24, 2.45) is 0 Å². The minimum absolute atomic E-state index is 0.312. The van der Waals surface area contributed by atoms with Crippen LogP contribution in [0.5, 0.6) is 0 Å². The van der Waals surface area contributed by atoms with Crippen LogP contribution in [0, 0.1) is 0 Å². The van der Waals surface area contributed by atoms with Gasteiger partial charge in [0.05, 0.1) is 13.1 Å². The van der Waals surface area contributed by atoms with Gasteiger partial charge in [-0.15, -0.1) is 0 Å². The highest BCUT2D eigenvalue weighted by Crippen LogP contribution is 2.27. The van der Waals surface area contributed by atoms with Gasteiger partial charge in [0, 0.05) is 5.56 Å². The van der Waals surface area contributed by atoms with Crippen LogP contribution in [-0.2, 0) is 6.42 Å². The van der Waals surface area contributed by atoms with E-state index in [-0.39, 0.29) is 5.91 Å². The molecule has 1 saturated heterocycles. The third kappa shape index (κ3) is 2.05. The van der Waals surface area contributed by atoms with E-state index in [2.05, 4.69) is 0 Å². The fourth-order valence-corrected chi connectivity index (χ4v) is 1.72. The zero-order valence-electron chi connectivity index (χ0n) is 9.04. The number of likely N-dealkylation sites (tertiary alicyclic amines) is 1. The molecule has 0 unspecified atom stereocenters. The van der Waals surface area contributed by atoms with E-state index in [1.165, 1.54) is 4.90 Å². The van der Waals surface area contributed by atoms with Gasteiger partial charge in [0.1, 0.15) is 0 Å². The van der Waals surface area contributed by atoms with Gasteiger partial charge in [0.25, 0.3) is 11.8 Å². The number of amides is 1. The van der Waals surface area contributed by atoms with E-state index in [0.29, 0.717) is 5.56 Å². The molecular formula is C12H13F2NO. The Bertz CT molecular complexity index is 392. The van der Waals surface area contributed by atoms with Crippen LogP contribution in [0.1, 0.15) is 22.8 Å². The molecule has 1 fully saturated rings. The maximum Gasteiger partial charge on any atom is 0.282 e. The maximum absolute atomic E-state index is 12.6. The van der Waals surface area contributed by atoms with Gasteiger partial charge in [-0.2, -0.15) is 0 Å². The summed E-state index contributed by atoms with van der Waals surface area (Å²) in [4.78, 5) is 12.9. The number of aryl methyl sites for hydroxylation is 1. The van der Waals surface area contributed by atoms with Crippen LogP contribution >= 0.6 is 0 Å². The van der Waals surface area contributed by atoms with Crippen molar-refractivity contribution in [2.45, 2.75) is 19.3 Å². The number of alkyl halides is 2. The molecule has 0 aliphatic carbocycles. The number of carbonyl (C=O) groups is 1. The van der Waals surface area contributed by atoms with Crippen molar-refractivity contribution < 1.29 is 13.6 Å². The summed E-state index contributed by atoms with van der Waals surface area (Å²) >= 11 is 0. The standard InChI is InChI=1S/C12H13F2NO/c1-2-9-3-5-10(6-4-9)11(16)15-7-12(13,14)8-15/h3-6H,2,7-8H2,1H3. The predicted molar refractivity (Wildman–Crippen MR) is 56.7 cm³/mol. The summed E-state index contributed by atoms with van der Waals surface area (Å²) in [5.74, 6) is -3.01. The van der Waals surface area contributed by atoms with Crippen molar-refractivity contribution >= 4 is 5.91 Å². The Labute approximate surface area is 92.9 Å². The number of halogens is 2. The Balaban J connectivity index is 2.05. The molecule has 1 aromatic rings. The summed E-state index contributed by atoms with van der Waals surface area (Å²) in [7, 11) is 0. The van der Waals surface area contributed by atoms with Crippen LogP contribution < -0.4 is 0 Å². The first kappa shape index (κ1) is 11.0. The van der Waals surface area contributed by atoms with Crippen molar-refractivity contribution in [3.63, 3.8) is 0 Å². The normalized spacial score (nSPS) is 18.1. The van der Waals surface area contributed by atoms with Gasteiger partial charge < -0.3 is 4.90 Å². The number of rotatable bonds is 2. The second kappa shape index (κ2) is 3.85. The predicted octanol–water partition coefficient (Wildman–Crippen LogP) is 2.34. The lowest BCUT2D eigenvalue weighted by molar-refractivity contribution is -0.113. The first-order valence-corrected chi connectivity index (χ1v) is 5.28. The molecule has 0 spiro atoms. The van der Waals surface area contributed by atoms with Gasteiger partial charge in [-0.1, -0.05) is 19.1 Å². The zero-order valence-corrected chi connectivity index (χ0v) is 9.04. The van der Waals surface area contributed by atoms with Crippen LogP contribution in [-0.4, -0.2) is 29.8 Å². The van der Waals surface area contributed by atoms with Crippen LogP contribution in [0.25, 0.3) is 0 Å². The van der Waals surface area contributed by atoms with Crippen molar-refractivity contribution in [2.75, 3.05) is 13.1 Å². The molecule has 0 N–H and O–H groups in total. The van der Waals surface area contributed by atoms with E-state index in [9.17, 15) is 13.6 Å². The Kier molecular flexibility index (Phi) is 2.66. The largest absolute Gasteiger partial charge is 0.326 e. The molecule has 1 aromatic carbocycles. The third-order valence-corrected chi connectivity index (χ3v) is 2.74. The monoisotopic (exact) mass is 225 g/mol. The summed E-state index contributed by atoms with van der Waals surface area (Å²) < 4.78 is 25.2. The molecule has 1 amide bonds. The first-order chi connectivity index (χ1) is 7.52. The second-order valence-corrected chi connectivity index (χ2v) is 4.07. The van der Waals surface area contributed by atoms with E-state index >= 15 is 0 Å². The number of carbonyl (C=O) groups excluding carboxylic acids is 1. The quantitative estimate of drug-likeness (QED) is 0.756. The van der Waals surface area contributed by atoms with Gasteiger partial charge in [-0.05, 0) is 24.1 Å².